The van der Waals surface area contributed by atoms with Gasteiger partial charge in [0.15, 0.2) is 0 Å². The highest BCUT2D eigenvalue weighted by atomic mass is 16.5. The highest BCUT2D eigenvalue weighted by Crippen LogP contribution is 2.40. The average molecular weight is 252 g/mol. The molecule has 0 unspecified atom stereocenters. The molecular formula is C12H16N2O4. The molecule has 0 radical (unpaired) electrons. The molecule has 6 heteroatoms. The molecule has 0 bridgehead atoms. The molecule has 1 aromatic rings. The van der Waals surface area contributed by atoms with Crippen LogP contribution in [0.1, 0.15) is 44.1 Å². The Morgan fingerprint density at radius 3 is 2.78 bits per heavy atom. The van der Waals surface area contributed by atoms with Crippen LogP contribution in [0.3, 0.4) is 0 Å². The molecule has 2 N–H and O–H groups in total. The van der Waals surface area contributed by atoms with E-state index in [0.29, 0.717) is 17.9 Å². The van der Waals surface area contributed by atoms with Gasteiger partial charge in [0.05, 0.1) is 12.0 Å². The van der Waals surface area contributed by atoms with E-state index in [0.717, 1.165) is 19.3 Å². The minimum Gasteiger partial charge on any atom is -0.481 e. The number of amides is 1. The Morgan fingerprint density at radius 2 is 2.28 bits per heavy atom. The first kappa shape index (κ1) is 12.6. The summed E-state index contributed by atoms with van der Waals surface area (Å²) in [6.45, 7) is 1.48. The summed E-state index contributed by atoms with van der Waals surface area (Å²) in [5, 5.41) is 15.5. The Balaban J connectivity index is 2.08. The number of nitrogens with one attached hydrogen (secondary N) is 1. The molecule has 0 atom stereocenters. The summed E-state index contributed by atoms with van der Waals surface area (Å²) in [5.74, 6) is -0.415. The minimum atomic E-state index is -0.867. The van der Waals surface area contributed by atoms with Gasteiger partial charge in [-0.3, -0.25) is 9.59 Å². The maximum atomic E-state index is 11.2. The first-order valence-corrected chi connectivity index (χ1v) is 5.98. The zero-order chi connectivity index (χ0) is 13.2. The SMILES string of the molecule is CC(=O)NC1(c2cc(CCC(=O)O)on2)CCC1. The van der Waals surface area contributed by atoms with E-state index in [4.69, 9.17) is 9.63 Å². The second-order valence-corrected chi connectivity index (χ2v) is 4.69. The number of carbonyl (C=O) groups excluding carboxylic acids is 1. The maximum absolute atomic E-state index is 11.2. The van der Waals surface area contributed by atoms with Gasteiger partial charge in [0.1, 0.15) is 11.5 Å². The highest BCUT2D eigenvalue weighted by Gasteiger charge is 2.42. The smallest absolute Gasteiger partial charge is 0.303 e. The van der Waals surface area contributed by atoms with Gasteiger partial charge in [0.2, 0.25) is 5.91 Å². The number of hydrogen-bond donors (Lipinski definition) is 2. The van der Waals surface area contributed by atoms with Crippen LogP contribution < -0.4 is 5.32 Å². The molecule has 1 fully saturated rings. The van der Waals surface area contributed by atoms with Crippen LogP contribution in [-0.2, 0) is 21.5 Å². The van der Waals surface area contributed by atoms with E-state index in [2.05, 4.69) is 10.5 Å². The van der Waals surface area contributed by atoms with Gasteiger partial charge in [-0.25, -0.2) is 0 Å². The first-order valence-electron chi connectivity index (χ1n) is 5.98. The molecule has 0 spiro atoms. The van der Waals surface area contributed by atoms with Crippen molar-refractivity contribution in [2.24, 2.45) is 0 Å². The van der Waals surface area contributed by atoms with Crippen LogP contribution in [-0.4, -0.2) is 22.1 Å². The Kier molecular flexibility index (Phi) is 3.36. The average Bonchev–Trinajstić information content (AvgIpc) is 2.69. The van der Waals surface area contributed by atoms with Gasteiger partial charge in [-0.1, -0.05) is 5.16 Å². The van der Waals surface area contributed by atoms with E-state index in [1.807, 2.05) is 0 Å². The lowest BCUT2D eigenvalue weighted by molar-refractivity contribution is -0.137. The van der Waals surface area contributed by atoms with Crippen molar-refractivity contribution in [2.45, 2.75) is 44.6 Å². The Morgan fingerprint density at radius 1 is 1.56 bits per heavy atom. The number of carboxylic acid groups (broad SMARTS) is 1. The van der Waals surface area contributed by atoms with E-state index < -0.39 is 11.5 Å². The van der Waals surface area contributed by atoms with Gasteiger partial charge in [-0.15, -0.1) is 0 Å². The van der Waals surface area contributed by atoms with Gasteiger partial charge < -0.3 is 14.9 Å². The van der Waals surface area contributed by atoms with Gasteiger partial charge in [-0.05, 0) is 19.3 Å². The lowest BCUT2D eigenvalue weighted by atomic mass is 9.74. The number of carboxylic acids is 1. The summed E-state index contributed by atoms with van der Waals surface area (Å²) < 4.78 is 5.11. The van der Waals surface area contributed by atoms with Crippen LogP contribution in [0.25, 0.3) is 0 Å². The molecule has 1 saturated carbocycles. The minimum absolute atomic E-state index is 0.0156. The van der Waals surface area contributed by atoms with Gasteiger partial charge in [-0.2, -0.15) is 0 Å². The zero-order valence-corrected chi connectivity index (χ0v) is 10.2. The molecular weight excluding hydrogens is 236 g/mol. The van der Waals surface area contributed by atoms with Gasteiger partial charge in [0.25, 0.3) is 0 Å². The Labute approximate surface area is 104 Å². The van der Waals surface area contributed by atoms with E-state index in [9.17, 15) is 9.59 Å². The third kappa shape index (κ3) is 2.52. The fourth-order valence-corrected chi connectivity index (χ4v) is 2.20. The fourth-order valence-electron chi connectivity index (χ4n) is 2.20. The Bertz CT molecular complexity index is 462. The number of aromatic nitrogens is 1. The molecule has 0 aromatic carbocycles. The van der Waals surface area contributed by atoms with E-state index >= 15 is 0 Å². The van der Waals surface area contributed by atoms with Crippen LogP contribution in [0.4, 0.5) is 0 Å². The maximum Gasteiger partial charge on any atom is 0.303 e. The summed E-state index contributed by atoms with van der Waals surface area (Å²) in [5.41, 5.74) is 0.293. The zero-order valence-electron chi connectivity index (χ0n) is 10.2. The highest BCUT2D eigenvalue weighted by molar-refractivity contribution is 5.74. The standard InChI is InChI=1S/C12H16N2O4/c1-8(15)13-12(5-2-6-12)10-7-9(18-14-10)3-4-11(16)17/h7H,2-6H2,1H3,(H,13,15)(H,16,17). The summed E-state index contributed by atoms with van der Waals surface area (Å²) in [6, 6.07) is 1.75. The molecule has 2 rings (SSSR count). The normalized spacial score (nSPS) is 16.9. The lowest BCUT2D eigenvalue weighted by Gasteiger charge is -2.40. The molecule has 1 amide bonds. The summed E-state index contributed by atoms with van der Waals surface area (Å²) in [7, 11) is 0. The topological polar surface area (TPSA) is 92.4 Å². The number of carbonyl (C=O) groups is 2. The third-order valence-electron chi connectivity index (χ3n) is 3.26. The van der Waals surface area contributed by atoms with E-state index in [1.165, 1.54) is 6.92 Å². The largest absolute Gasteiger partial charge is 0.481 e. The monoisotopic (exact) mass is 252 g/mol. The van der Waals surface area contributed by atoms with Crippen molar-refractivity contribution in [3.8, 4) is 0 Å². The molecule has 18 heavy (non-hydrogen) atoms. The van der Waals surface area contributed by atoms with Crippen LogP contribution >= 0.6 is 0 Å². The third-order valence-corrected chi connectivity index (χ3v) is 3.26. The van der Waals surface area contributed by atoms with Crippen molar-refractivity contribution < 1.29 is 19.2 Å². The number of aliphatic carboxylic acids is 1. The van der Waals surface area contributed by atoms with Crippen molar-refractivity contribution in [3.05, 3.63) is 17.5 Å². The molecule has 98 valence electrons. The first-order chi connectivity index (χ1) is 8.52. The molecule has 6 nitrogen and oxygen atoms in total. The summed E-state index contributed by atoms with van der Waals surface area (Å²) >= 11 is 0. The van der Waals surface area contributed by atoms with E-state index in [-0.39, 0.29) is 12.3 Å². The van der Waals surface area contributed by atoms with Crippen molar-refractivity contribution in [1.29, 1.82) is 0 Å². The number of hydrogen-bond acceptors (Lipinski definition) is 4. The summed E-state index contributed by atoms with van der Waals surface area (Å²) in [4.78, 5) is 21.7. The molecule has 0 saturated heterocycles. The molecule has 1 aromatic heterocycles. The lowest BCUT2D eigenvalue weighted by Crippen LogP contribution is -2.50. The van der Waals surface area contributed by atoms with Crippen LogP contribution in [0, 0.1) is 0 Å². The van der Waals surface area contributed by atoms with Crippen molar-refractivity contribution in [3.63, 3.8) is 0 Å². The quantitative estimate of drug-likeness (QED) is 0.821. The number of rotatable bonds is 5. The van der Waals surface area contributed by atoms with Gasteiger partial charge >= 0.3 is 5.97 Å². The van der Waals surface area contributed by atoms with Gasteiger partial charge in [0, 0.05) is 19.4 Å². The van der Waals surface area contributed by atoms with Crippen molar-refractivity contribution >= 4 is 11.9 Å². The molecule has 0 aliphatic heterocycles. The second kappa shape index (κ2) is 4.80. The molecule has 1 aliphatic rings. The molecule has 1 aliphatic carbocycles. The van der Waals surface area contributed by atoms with Crippen LogP contribution in [0.2, 0.25) is 0 Å². The predicted octanol–water partition coefficient (Wildman–Crippen LogP) is 1.21. The van der Waals surface area contributed by atoms with E-state index in [1.54, 1.807) is 6.07 Å². The second-order valence-electron chi connectivity index (χ2n) is 4.69. The van der Waals surface area contributed by atoms with Crippen molar-refractivity contribution in [2.75, 3.05) is 0 Å². The summed E-state index contributed by atoms with van der Waals surface area (Å²) in [6.07, 6.45) is 3.06. The van der Waals surface area contributed by atoms with Crippen molar-refractivity contribution in [1.82, 2.24) is 10.5 Å². The predicted molar refractivity (Wildman–Crippen MR) is 61.8 cm³/mol. The number of aryl methyl sites for hydroxylation is 1. The van der Waals surface area contributed by atoms with Crippen LogP contribution in [0.15, 0.2) is 10.6 Å². The van der Waals surface area contributed by atoms with Crippen LogP contribution in [0.5, 0.6) is 0 Å². The Hall–Kier alpha value is -1.85. The fraction of sp³-hybridized carbons (Fsp3) is 0.583. The number of nitrogens with zero attached hydrogens (tertiary/aromatic N) is 1. The molecule has 1 heterocycles.